The van der Waals surface area contributed by atoms with Crippen LogP contribution in [0.5, 0.6) is 0 Å². The molecular formula is C30H39N3O8S. The molecule has 0 heterocycles. The van der Waals surface area contributed by atoms with Crippen molar-refractivity contribution < 1.29 is 39.0 Å². The number of carboxylic acid groups (broad SMARTS) is 2. The standard InChI is InChI=1S/C30H39N3O8S/c31-15-4-3-7-21(16-26(35)24(18-42)32-27(36)13-14-28(37)38)30(41)33-23(17-29(39)40)25(34)12-11-20-9-5-8-19-6-1-2-10-22(19)20/h1-2,5-6,8-10,21,23-24,42H,3-4,7,11-18,31H2,(H,32,36)(H,33,41)(H,37,38)(H,39,40)/t21?,23-,24-/m0/s1. The lowest BCUT2D eigenvalue weighted by atomic mass is 9.91. The third kappa shape index (κ3) is 11.6. The van der Waals surface area contributed by atoms with Crippen molar-refractivity contribution in [1.29, 1.82) is 0 Å². The summed E-state index contributed by atoms with van der Waals surface area (Å²) in [5.74, 6) is -5.57. The Morgan fingerprint density at radius 2 is 1.50 bits per heavy atom. The highest BCUT2D eigenvalue weighted by atomic mass is 32.1. The summed E-state index contributed by atoms with van der Waals surface area (Å²) in [6.07, 6.45) is 0.106. The van der Waals surface area contributed by atoms with Crippen molar-refractivity contribution >= 4 is 58.7 Å². The van der Waals surface area contributed by atoms with Crippen LogP contribution in [0.25, 0.3) is 10.8 Å². The Balaban J connectivity index is 2.12. The number of thiol groups is 1. The Kier molecular flexibility index (Phi) is 14.7. The number of rotatable bonds is 20. The van der Waals surface area contributed by atoms with Gasteiger partial charge in [-0.2, -0.15) is 12.6 Å². The first-order valence-corrected chi connectivity index (χ1v) is 14.5. The topological polar surface area (TPSA) is 193 Å². The van der Waals surface area contributed by atoms with Crippen LogP contribution in [0.2, 0.25) is 0 Å². The molecule has 11 nitrogen and oxygen atoms in total. The molecule has 0 saturated heterocycles. The summed E-state index contributed by atoms with van der Waals surface area (Å²) in [4.78, 5) is 73.9. The monoisotopic (exact) mass is 601 g/mol. The highest BCUT2D eigenvalue weighted by molar-refractivity contribution is 7.80. The SMILES string of the molecule is NCCCCC(CC(=O)[C@H](CS)NC(=O)CCC(=O)O)C(=O)N[C@@H](CC(=O)O)C(=O)CCc1cccc2ccccc12. The van der Waals surface area contributed by atoms with E-state index in [0.717, 1.165) is 16.3 Å². The first kappa shape index (κ1) is 34.4. The van der Waals surface area contributed by atoms with Crippen LogP contribution in [0, 0.1) is 5.92 Å². The zero-order valence-electron chi connectivity index (χ0n) is 23.4. The quantitative estimate of drug-likeness (QED) is 0.0975. The Morgan fingerprint density at radius 3 is 2.17 bits per heavy atom. The highest BCUT2D eigenvalue weighted by Crippen LogP contribution is 2.21. The van der Waals surface area contributed by atoms with Gasteiger partial charge in [0.25, 0.3) is 0 Å². The molecule has 2 aromatic carbocycles. The maximum atomic E-state index is 13.3. The number of carbonyl (C=O) groups excluding carboxylic acids is 4. The average Bonchev–Trinajstić information content (AvgIpc) is 2.96. The van der Waals surface area contributed by atoms with Gasteiger partial charge in [-0.3, -0.25) is 28.8 Å². The minimum atomic E-state index is -1.28. The number of ketones is 2. The van der Waals surface area contributed by atoms with Gasteiger partial charge >= 0.3 is 11.9 Å². The van der Waals surface area contributed by atoms with Crippen LogP contribution in [0.15, 0.2) is 42.5 Å². The minimum absolute atomic E-state index is 0.00705. The molecule has 3 atom stereocenters. The van der Waals surface area contributed by atoms with Crippen LogP contribution >= 0.6 is 12.6 Å². The van der Waals surface area contributed by atoms with E-state index in [1.165, 1.54) is 0 Å². The fourth-order valence-corrected chi connectivity index (χ4v) is 4.91. The highest BCUT2D eigenvalue weighted by Gasteiger charge is 2.30. The zero-order chi connectivity index (χ0) is 31.1. The smallest absolute Gasteiger partial charge is 0.305 e. The molecule has 1 unspecified atom stereocenters. The minimum Gasteiger partial charge on any atom is -0.481 e. The molecular weight excluding hydrogens is 562 g/mol. The molecule has 42 heavy (non-hydrogen) atoms. The number of hydrogen-bond donors (Lipinski definition) is 6. The third-order valence-corrected chi connectivity index (χ3v) is 7.27. The lowest BCUT2D eigenvalue weighted by Crippen LogP contribution is -2.47. The molecule has 0 saturated carbocycles. The van der Waals surface area contributed by atoms with Gasteiger partial charge in [-0.05, 0) is 42.1 Å². The van der Waals surface area contributed by atoms with E-state index in [1.807, 2.05) is 42.5 Å². The van der Waals surface area contributed by atoms with Gasteiger partial charge in [0.05, 0.1) is 24.9 Å². The van der Waals surface area contributed by atoms with Crippen molar-refractivity contribution in [2.75, 3.05) is 12.3 Å². The Morgan fingerprint density at radius 1 is 0.786 bits per heavy atom. The van der Waals surface area contributed by atoms with E-state index in [1.54, 1.807) is 0 Å². The number of aliphatic carboxylic acids is 2. The van der Waals surface area contributed by atoms with Crippen molar-refractivity contribution in [1.82, 2.24) is 10.6 Å². The van der Waals surface area contributed by atoms with Crippen LogP contribution in [0.1, 0.15) is 56.9 Å². The summed E-state index contributed by atoms with van der Waals surface area (Å²) in [6, 6.07) is 11.1. The number of carbonyl (C=O) groups is 6. The first-order chi connectivity index (χ1) is 20.0. The molecule has 0 aromatic heterocycles. The van der Waals surface area contributed by atoms with Crippen molar-refractivity contribution in [2.24, 2.45) is 11.7 Å². The molecule has 0 bridgehead atoms. The van der Waals surface area contributed by atoms with Crippen LogP contribution in [0.3, 0.4) is 0 Å². The van der Waals surface area contributed by atoms with Crippen LogP contribution in [0.4, 0.5) is 0 Å². The molecule has 0 spiro atoms. The number of fused-ring (bicyclic) bond motifs is 1. The summed E-state index contributed by atoms with van der Waals surface area (Å²) >= 11 is 4.12. The van der Waals surface area contributed by atoms with Crippen molar-refractivity contribution in [2.45, 2.75) is 69.9 Å². The van der Waals surface area contributed by atoms with Crippen molar-refractivity contribution in [3.63, 3.8) is 0 Å². The fourth-order valence-electron chi connectivity index (χ4n) is 4.61. The number of nitrogens with one attached hydrogen (secondary N) is 2. The predicted molar refractivity (Wildman–Crippen MR) is 160 cm³/mol. The largest absolute Gasteiger partial charge is 0.481 e. The molecule has 0 aliphatic rings. The second-order valence-corrected chi connectivity index (χ2v) is 10.5. The van der Waals surface area contributed by atoms with Crippen LogP contribution in [-0.2, 0) is 35.2 Å². The Bertz CT molecular complexity index is 1260. The molecule has 0 aliphatic carbocycles. The van der Waals surface area contributed by atoms with Crippen LogP contribution in [-0.4, -0.2) is 69.9 Å². The molecule has 0 aliphatic heterocycles. The summed E-state index contributed by atoms with van der Waals surface area (Å²) in [5, 5.41) is 25.2. The maximum Gasteiger partial charge on any atom is 0.305 e. The molecule has 12 heteroatoms. The molecule has 6 N–H and O–H groups in total. The number of benzene rings is 2. The third-order valence-electron chi connectivity index (χ3n) is 6.90. The van der Waals surface area contributed by atoms with E-state index < -0.39 is 66.2 Å². The number of Topliss-reactive ketones (excluding diaryl/α,β-unsaturated/α-hetero) is 2. The van der Waals surface area contributed by atoms with Gasteiger partial charge < -0.3 is 26.6 Å². The Hall–Kier alpha value is -3.77. The predicted octanol–water partition coefficient (Wildman–Crippen LogP) is 2.28. The average molecular weight is 602 g/mol. The van der Waals surface area contributed by atoms with E-state index in [2.05, 4.69) is 23.3 Å². The first-order valence-electron chi connectivity index (χ1n) is 13.9. The lowest BCUT2D eigenvalue weighted by Gasteiger charge is -2.23. The Labute approximate surface area is 250 Å². The van der Waals surface area contributed by atoms with E-state index in [0.29, 0.717) is 25.8 Å². The molecule has 0 radical (unpaired) electrons. The van der Waals surface area contributed by atoms with Gasteiger partial charge in [-0.25, -0.2) is 0 Å². The van der Waals surface area contributed by atoms with E-state index >= 15 is 0 Å². The summed E-state index contributed by atoms with van der Waals surface area (Å²) in [6.45, 7) is 0.371. The molecule has 2 rings (SSSR count). The van der Waals surface area contributed by atoms with Gasteiger partial charge in [0.1, 0.15) is 0 Å². The number of nitrogens with two attached hydrogens (primary N) is 1. The number of aryl methyl sites for hydroxylation is 1. The van der Waals surface area contributed by atoms with Gasteiger partial charge in [0.15, 0.2) is 11.6 Å². The second-order valence-electron chi connectivity index (χ2n) is 10.1. The molecule has 0 fully saturated rings. The fraction of sp³-hybridized carbons (Fsp3) is 0.467. The summed E-state index contributed by atoms with van der Waals surface area (Å²) in [5.41, 5.74) is 6.51. The van der Waals surface area contributed by atoms with Gasteiger partial charge in [-0.15, -0.1) is 0 Å². The van der Waals surface area contributed by atoms with Gasteiger partial charge in [-0.1, -0.05) is 48.9 Å². The number of amides is 2. The normalized spacial score (nSPS) is 13.1. The second kappa shape index (κ2) is 17.9. The number of carboxylic acids is 2. The van der Waals surface area contributed by atoms with Gasteiger partial charge in [0, 0.05) is 30.9 Å². The zero-order valence-corrected chi connectivity index (χ0v) is 24.3. The van der Waals surface area contributed by atoms with Crippen LogP contribution < -0.4 is 16.4 Å². The van der Waals surface area contributed by atoms with Crippen molar-refractivity contribution in [3.05, 3.63) is 48.0 Å². The molecule has 2 amide bonds. The van der Waals surface area contributed by atoms with E-state index in [4.69, 9.17) is 10.8 Å². The van der Waals surface area contributed by atoms with Crippen molar-refractivity contribution in [3.8, 4) is 0 Å². The summed E-state index contributed by atoms with van der Waals surface area (Å²) in [7, 11) is 0. The van der Waals surface area contributed by atoms with Gasteiger partial charge in [0.2, 0.25) is 11.8 Å². The number of hydrogen-bond acceptors (Lipinski definition) is 8. The number of unbranched alkanes of at least 4 members (excludes halogenated alkanes) is 1. The van der Waals surface area contributed by atoms with E-state index in [-0.39, 0.29) is 31.4 Å². The lowest BCUT2D eigenvalue weighted by molar-refractivity contribution is -0.141. The molecule has 228 valence electrons. The summed E-state index contributed by atoms with van der Waals surface area (Å²) < 4.78 is 0. The van der Waals surface area contributed by atoms with E-state index in [9.17, 15) is 33.9 Å². The maximum absolute atomic E-state index is 13.3. The molecule has 2 aromatic rings.